The van der Waals surface area contributed by atoms with Crippen LogP contribution in [-0.2, 0) is 9.53 Å². The first-order valence-electron chi connectivity index (χ1n) is 6.76. The number of methoxy groups -OCH3 is 1. The molecular weight excluding hydrogens is 282 g/mol. The molecule has 0 bridgehead atoms. The quantitative estimate of drug-likeness (QED) is 0.807. The molecular formula is C15H19N5O2. The maximum atomic E-state index is 12.2. The molecule has 0 saturated carbocycles. The third-order valence-corrected chi connectivity index (χ3v) is 3.11. The number of nitrogens with two attached hydrogens (primary N) is 1. The molecule has 2 rings (SSSR count). The van der Waals surface area contributed by atoms with Crippen LogP contribution in [0.2, 0.25) is 0 Å². The Balaban J connectivity index is 2.30. The van der Waals surface area contributed by atoms with Crippen molar-refractivity contribution in [3.63, 3.8) is 0 Å². The van der Waals surface area contributed by atoms with E-state index in [1.165, 1.54) is 12.3 Å². The van der Waals surface area contributed by atoms with Gasteiger partial charge in [0.25, 0.3) is 0 Å². The zero-order chi connectivity index (χ0) is 16.1. The van der Waals surface area contributed by atoms with Crippen LogP contribution in [0.1, 0.15) is 11.6 Å². The van der Waals surface area contributed by atoms with Crippen LogP contribution in [-0.4, -0.2) is 54.3 Å². The fourth-order valence-corrected chi connectivity index (χ4v) is 2.04. The Morgan fingerprint density at radius 1 is 1.45 bits per heavy atom. The van der Waals surface area contributed by atoms with E-state index in [1.54, 1.807) is 36.5 Å². The van der Waals surface area contributed by atoms with Crippen molar-refractivity contribution >= 4 is 17.9 Å². The molecule has 7 nitrogen and oxygen atoms in total. The van der Waals surface area contributed by atoms with Crippen molar-refractivity contribution in [2.75, 3.05) is 26.9 Å². The maximum Gasteiger partial charge on any atom is 0.220 e. The van der Waals surface area contributed by atoms with E-state index < -0.39 is 6.23 Å². The Hall–Kier alpha value is -2.54. The smallest absolute Gasteiger partial charge is 0.220 e. The number of anilines is 1. The number of hydrogen-bond donors (Lipinski definition) is 1. The number of carbonyl (C=O) groups is 1. The van der Waals surface area contributed by atoms with Crippen molar-refractivity contribution in [3.8, 4) is 0 Å². The summed E-state index contributed by atoms with van der Waals surface area (Å²) in [5, 5.41) is 0. The molecule has 0 spiro atoms. The molecule has 0 fully saturated rings. The minimum Gasteiger partial charge on any atom is -0.383 e. The van der Waals surface area contributed by atoms with Crippen LogP contribution in [0.25, 0.3) is 0 Å². The zero-order valence-electron chi connectivity index (χ0n) is 12.8. The second-order valence-electron chi connectivity index (χ2n) is 5.04. The van der Waals surface area contributed by atoms with E-state index in [0.29, 0.717) is 11.3 Å². The lowest BCUT2D eigenvalue weighted by molar-refractivity contribution is -0.111. The highest BCUT2D eigenvalue weighted by atomic mass is 16.5. The van der Waals surface area contributed by atoms with Crippen LogP contribution in [0.15, 0.2) is 41.2 Å². The minimum atomic E-state index is -0.441. The van der Waals surface area contributed by atoms with E-state index >= 15 is 0 Å². The largest absolute Gasteiger partial charge is 0.383 e. The molecule has 1 aromatic rings. The van der Waals surface area contributed by atoms with Crippen molar-refractivity contribution < 1.29 is 9.53 Å². The summed E-state index contributed by atoms with van der Waals surface area (Å²) in [4.78, 5) is 26.3. The highest BCUT2D eigenvalue weighted by Gasteiger charge is 2.26. The van der Waals surface area contributed by atoms with Crippen molar-refractivity contribution in [1.29, 1.82) is 0 Å². The summed E-state index contributed by atoms with van der Waals surface area (Å²) >= 11 is 0. The highest BCUT2D eigenvalue weighted by molar-refractivity contribution is 6.18. The topological polar surface area (TPSA) is 93.7 Å². The van der Waals surface area contributed by atoms with Gasteiger partial charge in [-0.25, -0.2) is 9.97 Å². The van der Waals surface area contributed by atoms with Gasteiger partial charge in [-0.3, -0.25) is 9.79 Å². The third kappa shape index (κ3) is 3.76. The molecule has 0 radical (unpaired) electrons. The number of aromatic nitrogens is 2. The predicted molar refractivity (Wildman–Crippen MR) is 84.4 cm³/mol. The number of rotatable bonds is 5. The van der Waals surface area contributed by atoms with Crippen LogP contribution in [0.4, 0.5) is 5.95 Å². The van der Waals surface area contributed by atoms with E-state index in [-0.39, 0.29) is 17.6 Å². The van der Waals surface area contributed by atoms with Crippen LogP contribution in [0, 0.1) is 0 Å². The summed E-state index contributed by atoms with van der Waals surface area (Å²) in [5.74, 6) is -0.235. The Kier molecular flexibility index (Phi) is 5.00. The lowest BCUT2D eigenvalue weighted by Crippen LogP contribution is -2.24. The molecule has 1 aliphatic rings. The summed E-state index contributed by atoms with van der Waals surface area (Å²) in [7, 11) is 5.26. The van der Waals surface area contributed by atoms with Gasteiger partial charge in [0.15, 0.2) is 12.0 Å². The number of nitrogen functional groups attached to an aromatic ring is 1. The molecule has 0 saturated heterocycles. The summed E-state index contributed by atoms with van der Waals surface area (Å²) < 4.78 is 5.34. The van der Waals surface area contributed by atoms with Crippen molar-refractivity contribution in [2.45, 2.75) is 12.1 Å². The van der Waals surface area contributed by atoms with E-state index in [4.69, 9.17) is 10.5 Å². The number of dihydropyridines is 1. The molecule has 2 atom stereocenters. The van der Waals surface area contributed by atoms with Gasteiger partial charge in [0.05, 0.1) is 11.6 Å². The molecule has 1 aromatic heterocycles. The van der Waals surface area contributed by atoms with Gasteiger partial charge >= 0.3 is 0 Å². The number of nitrogens with zero attached hydrogens (tertiary/aromatic N) is 4. The van der Waals surface area contributed by atoms with E-state index in [9.17, 15) is 4.79 Å². The van der Waals surface area contributed by atoms with Gasteiger partial charge < -0.3 is 15.4 Å². The van der Waals surface area contributed by atoms with Crippen molar-refractivity contribution in [2.24, 2.45) is 4.99 Å². The van der Waals surface area contributed by atoms with Crippen molar-refractivity contribution in [1.82, 2.24) is 14.9 Å². The molecule has 22 heavy (non-hydrogen) atoms. The van der Waals surface area contributed by atoms with Gasteiger partial charge in [0.2, 0.25) is 5.95 Å². The molecule has 0 amide bonds. The second kappa shape index (κ2) is 6.95. The summed E-state index contributed by atoms with van der Waals surface area (Å²) in [6, 6.07) is 1.74. The van der Waals surface area contributed by atoms with E-state index in [2.05, 4.69) is 15.0 Å². The zero-order valence-corrected chi connectivity index (χ0v) is 12.8. The summed E-state index contributed by atoms with van der Waals surface area (Å²) in [6.07, 6.45) is 7.64. The fraction of sp³-hybridized carbons (Fsp3) is 0.333. The van der Waals surface area contributed by atoms with Crippen LogP contribution in [0.5, 0.6) is 0 Å². The first-order chi connectivity index (χ1) is 10.5. The number of aliphatic imine (C=N–C) groups is 1. The van der Waals surface area contributed by atoms with Crippen LogP contribution >= 0.6 is 0 Å². The predicted octanol–water partition coefficient (Wildman–Crippen LogP) is 0.770. The molecule has 2 unspecified atom stereocenters. The van der Waals surface area contributed by atoms with E-state index in [0.717, 1.165) is 0 Å². The molecule has 0 aromatic carbocycles. The van der Waals surface area contributed by atoms with Gasteiger partial charge in [-0.1, -0.05) is 6.08 Å². The molecule has 0 aliphatic carbocycles. The van der Waals surface area contributed by atoms with Gasteiger partial charge in [0, 0.05) is 51.5 Å². The Labute approximate surface area is 129 Å². The average molecular weight is 301 g/mol. The highest BCUT2D eigenvalue weighted by Crippen LogP contribution is 2.27. The average Bonchev–Trinajstić information content (AvgIpc) is 2.52. The Bertz CT molecular complexity index is 637. The fourth-order valence-electron chi connectivity index (χ4n) is 2.04. The standard InChI is InChI=1S/C15H19N5O2/c1-20(2)7-5-13(21)10-8-11(14(22-3)18-9-10)12-4-6-17-15(16)19-12/h4-9,11,14H,1-3H3,(H2,16,17,19)/b7-5+. The number of ether oxygens (including phenoxy) is 1. The van der Waals surface area contributed by atoms with Gasteiger partial charge in [-0.15, -0.1) is 0 Å². The van der Waals surface area contributed by atoms with Crippen molar-refractivity contribution in [3.05, 3.63) is 41.9 Å². The van der Waals surface area contributed by atoms with Gasteiger partial charge in [-0.2, -0.15) is 0 Å². The number of carbonyl (C=O) groups excluding carboxylic acids is 1. The Morgan fingerprint density at radius 2 is 2.23 bits per heavy atom. The number of hydrogen-bond acceptors (Lipinski definition) is 7. The number of allylic oxidation sites excluding steroid dienone is 2. The monoisotopic (exact) mass is 301 g/mol. The first kappa shape index (κ1) is 15.8. The normalized spacial score (nSPS) is 21.0. The first-order valence-corrected chi connectivity index (χ1v) is 6.76. The minimum absolute atomic E-state index is 0.126. The SMILES string of the molecule is COC1N=CC(C(=O)/C=C/N(C)C)=CC1c1ccnc(N)n1. The third-order valence-electron chi connectivity index (χ3n) is 3.11. The molecule has 7 heteroatoms. The summed E-state index contributed by atoms with van der Waals surface area (Å²) in [6.45, 7) is 0. The lowest BCUT2D eigenvalue weighted by Gasteiger charge is -2.23. The van der Waals surface area contributed by atoms with E-state index in [1.807, 2.05) is 14.1 Å². The molecule has 2 heterocycles. The number of ketones is 1. The van der Waals surface area contributed by atoms with Gasteiger partial charge in [0.1, 0.15) is 0 Å². The molecule has 116 valence electrons. The van der Waals surface area contributed by atoms with Crippen LogP contribution in [0.3, 0.4) is 0 Å². The maximum absolute atomic E-state index is 12.2. The molecule has 1 aliphatic heterocycles. The lowest BCUT2D eigenvalue weighted by atomic mass is 9.96. The Morgan fingerprint density at radius 3 is 2.86 bits per heavy atom. The van der Waals surface area contributed by atoms with Crippen LogP contribution < -0.4 is 5.73 Å². The summed E-state index contributed by atoms with van der Waals surface area (Å²) in [5.41, 5.74) is 6.78. The second-order valence-corrected chi connectivity index (χ2v) is 5.04. The van der Waals surface area contributed by atoms with Gasteiger partial charge in [-0.05, 0) is 6.07 Å². The molecule has 2 N–H and O–H groups in total.